The number of hydrogen-bond acceptors (Lipinski definition) is 3. The van der Waals surface area contributed by atoms with Crippen molar-refractivity contribution in [3.63, 3.8) is 0 Å². The Labute approximate surface area is 107 Å². The molecule has 4 nitrogen and oxygen atoms in total. The van der Waals surface area contributed by atoms with Crippen molar-refractivity contribution in [1.82, 2.24) is 5.32 Å². The summed E-state index contributed by atoms with van der Waals surface area (Å²) in [5, 5.41) is 12.4. The van der Waals surface area contributed by atoms with Gasteiger partial charge in [-0.3, -0.25) is 10.1 Å². The third kappa shape index (κ3) is 3.01. The summed E-state index contributed by atoms with van der Waals surface area (Å²) in [6.07, 6.45) is 2.03. The summed E-state index contributed by atoms with van der Waals surface area (Å²) in [6.45, 7) is 1.99. The quantitative estimate of drug-likeness (QED) is 0.811. The molecule has 1 aliphatic rings. The molecule has 0 spiro atoms. The summed E-state index contributed by atoms with van der Waals surface area (Å²) in [5.74, 6) is 0.351. The van der Waals surface area contributed by atoms with E-state index in [1.807, 2.05) is 31.2 Å². The fourth-order valence-electron chi connectivity index (χ4n) is 2.10. The molecule has 1 saturated carbocycles. The molecule has 2 atom stereocenters. The predicted octanol–water partition coefficient (Wildman–Crippen LogP) is 2.21. The van der Waals surface area contributed by atoms with Gasteiger partial charge in [-0.15, -0.1) is 0 Å². The molecular weight excluding hydrogens is 230 g/mol. The summed E-state index contributed by atoms with van der Waals surface area (Å²) in [7, 11) is 1.63. The SMILES string of the molecule is COc1ccc(C(C)NC(C(=O)O)C2CC2)cc1. The van der Waals surface area contributed by atoms with Crippen molar-refractivity contribution in [2.45, 2.75) is 31.8 Å². The Morgan fingerprint density at radius 2 is 2.00 bits per heavy atom. The van der Waals surface area contributed by atoms with Crippen LogP contribution in [0.25, 0.3) is 0 Å². The van der Waals surface area contributed by atoms with Gasteiger partial charge >= 0.3 is 5.97 Å². The summed E-state index contributed by atoms with van der Waals surface area (Å²) in [6, 6.07) is 7.30. The van der Waals surface area contributed by atoms with Crippen LogP contribution in [-0.2, 0) is 4.79 Å². The number of carboxylic acid groups (broad SMARTS) is 1. The maximum Gasteiger partial charge on any atom is 0.320 e. The number of ether oxygens (including phenoxy) is 1. The molecule has 1 aromatic carbocycles. The molecule has 0 aliphatic heterocycles. The van der Waals surface area contributed by atoms with E-state index in [-0.39, 0.29) is 6.04 Å². The minimum atomic E-state index is -0.752. The van der Waals surface area contributed by atoms with Crippen LogP contribution in [0.3, 0.4) is 0 Å². The fourth-order valence-corrected chi connectivity index (χ4v) is 2.10. The monoisotopic (exact) mass is 249 g/mol. The molecule has 2 rings (SSSR count). The second-order valence-electron chi connectivity index (χ2n) is 4.81. The molecule has 98 valence electrons. The van der Waals surface area contributed by atoms with Gasteiger partial charge in [-0.05, 0) is 43.4 Å². The second-order valence-corrected chi connectivity index (χ2v) is 4.81. The molecule has 0 saturated heterocycles. The van der Waals surface area contributed by atoms with Gasteiger partial charge in [-0.25, -0.2) is 0 Å². The number of rotatable bonds is 6. The molecule has 0 amide bonds. The van der Waals surface area contributed by atoms with E-state index in [9.17, 15) is 9.90 Å². The molecule has 1 fully saturated rings. The van der Waals surface area contributed by atoms with Crippen LogP contribution in [0.2, 0.25) is 0 Å². The Hall–Kier alpha value is -1.55. The predicted molar refractivity (Wildman–Crippen MR) is 68.7 cm³/mol. The van der Waals surface area contributed by atoms with Crippen LogP contribution in [0.4, 0.5) is 0 Å². The van der Waals surface area contributed by atoms with Crippen molar-refractivity contribution < 1.29 is 14.6 Å². The summed E-state index contributed by atoms with van der Waals surface area (Å²) in [5.41, 5.74) is 1.07. The van der Waals surface area contributed by atoms with E-state index in [1.165, 1.54) is 0 Å². The first-order valence-corrected chi connectivity index (χ1v) is 6.24. The Bertz CT molecular complexity index is 412. The average molecular weight is 249 g/mol. The highest BCUT2D eigenvalue weighted by Crippen LogP contribution is 2.34. The number of nitrogens with one attached hydrogen (secondary N) is 1. The number of aliphatic carboxylic acids is 1. The first-order valence-electron chi connectivity index (χ1n) is 6.24. The van der Waals surface area contributed by atoms with E-state index in [2.05, 4.69) is 5.32 Å². The van der Waals surface area contributed by atoms with Gasteiger partial charge in [0, 0.05) is 6.04 Å². The van der Waals surface area contributed by atoms with Gasteiger partial charge < -0.3 is 9.84 Å². The van der Waals surface area contributed by atoms with E-state index in [0.717, 1.165) is 24.2 Å². The standard InChI is InChI=1S/C14H19NO3/c1-9(10-5-7-12(18-2)8-6-10)15-13(14(16)17)11-3-4-11/h5-9,11,13,15H,3-4H2,1-2H3,(H,16,17). The molecule has 1 aromatic rings. The second kappa shape index (κ2) is 5.40. The van der Waals surface area contributed by atoms with E-state index >= 15 is 0 Å². The molecule has 1 aliphatic carbocycles. The lowest BCUT2D eigenvalue weighted by molar-refractivity contribution is -0.140. The van der Waals surface area contributed by atoms with Gasteiger partial charge in [0.1, 0.15) is 11.8 Å². The Morgan fingerprint density at radius 3 is 2.44 bits per heavy atom. The minimum absolute atomic E-state index is 0.0256. The zero-order valence-corrected chi connectivity index (χ0v) is 10.7. The van der Waals surface area contributed by atoms with E-state index in [1.54, 1.807) is 7.11 Å². The highest BCUT2D eigenvalue weighted by atomic mass is 16.5. The number of benzene rings is 1. The molecule has 0 bridgehead atoms. The first kappa shape index (κ1) is 12.9. The van der Waals surface area contributed by atoms with Crippen LogP contribution in [0.1, 0.15) is 31.4 Å². The third-order valence-electron chi connectivity index (χ3n) is 3.40. The number of carboxylic acids is 1. The zero-order valence-electron chi connectivity index (χ0n) is 10.7. The van der Waals surface area contributed by atoms with Crippen molar-refractivity contribution in [2.24, 2.45) is 5.92 Å². The van der Waals surface area contributed by atoms with Gasteiger partial charge in [0.25, 0.3) is 0 Å². The Balaban J connectivity index is 2.00. The maximum atomic E-state index is 11.2. The van der Waals surface area contributed by atoms with Gasteiger partial charge in [-0.2, -0.15) is 0 Å². The van der Waals surface area contributed by atoms with Crippen LogP contribution in [0, 0.1) is 5.92 Å². The van der Waals surface area contributed by atoms with Crippen molar-refractivity contribution in [3.05, 3.63) is 29.8 Å². The minimum Gasteiger partial charge on any atom is -0.497 e. The van der Waals surface area contributed by atoms with Gasteiger partial charge in [0.05, 0.1) is 7.11 Å². The zero-order chi connectivity index (χ0) is 13.1. The van der Waals surface area contributed by atoms with Crippen LogP contribution in [0.15, 0.2) is 24.3 Å². The molecule has 0 aromatic heterocycles. The molecule has 2 N–H and O–H groups in total. The largest absolute Gasteiger partial charge is 0.497 e. The van der Waals surface area contributed by atoms with Crippen molar-refractivity contribution in [3.8, 4) is 5.75 Å². The van der Waals surface area contributed by atoms with Crippen LogP contribution in [0.5, 0.6) is 5.75 Å². The molecule has 0 heterocycles. The van der Waals surface area contributed by atoms with Crippen molar-refractivity contribution >= 4 is 5.97 Å². The highest BCUT2D eigenvalue weighted by Gasteiger charge is 2.36. The number of carbonyl (C=O) groups is 1. The molecule has 18 heavy (non-hydrogen) atoms. The van der Waals surface area contributed by atoms with Gasteiger partial charge in [-0.1, -0.05) is 12.1 Å². The number of methoxy groups -OCH3 is 1. The normalized spacial score (nSPS) is 18.1. The lowest BCUT2D eigenvalue weighted by Crippen LogP contribution is -2.39. The molecule has 2 unspecified atom stereocenters. The summed E-state index contributed by atoms with van der Waals surface area (Å²) in [4.78, 5) is 11.2. The lowest BCUT2D eigenvalue weighted by Gasteiger charge is -2.20. The number of hydrogen-bond donors (Lipinski definition) is 2. The van der Waals surface area contributed by atoms with Crippen LogP contribution in [-0.4, -0.2) is 24.2 Å². The summed E-state index contributed by atoms with van der Waals surface area (Å²) >= 11 is 0. The molecular formula is C14H19NO3. The molecule has 4 heteroatoms. The third-order valence-corrected chi connectivity index (χ3v) is 3.40. The van der Waals surface area contributed by atoms with E-state index in [0.29, 0.717) is 5.92 Å². The summed E-state index contributed by atoms with van der Waals surface area (Å²) < 4.78 is 5.10. The van der Waals surface area contributed by atoms with Crippen molar-refractivity contribution in [1.29, 1.82) is 0 Å². The van der Waals surface area contributed by atoms with Gasteiger partial charge in [0.15, 0.2) is 0 Å². The van der Waals surface area contributed by atoms with E-state index < -0.39 is 12.0 Å². The fraction of sp³-hybridized carbons (Fsp3) is 0.500. The topological polar surface area (TPSA) is 58.6 Å². The maximum absolute atomic E-state index is 11.2. The first-order chi connectivity index (χ1) is 8.61. The van der Waals surface area contributed by atoms with Crippen molar-refractivity contribution in [2.75, 3.05) is 7.11 Å². The smallest absolute Gasteiger partial charge is 0.320 e. The highest BCUT2D eigenvalue weighted by molar-refractivity contribution is 5.74. The Kier molecular flexibility index (Phi) is 3.87. The van der Waals surface area contributed by atoms with Crippen LogP contribution >= 0.6 is 0 Å². The average Bonchev–Trinajstić information content (AvgIpc) is 3.19. The van der Waals surface area contributed by atoms with E-state index in [4.69, 9.17) is 4.74 Å². The lowest BCUT2D eigenvalue weighted by atomic mass is 10.1. The molecule has 0 radical (unpaired) electrons. The van der Waals surface area contributed by atoms with Crippen LogP contribution < -0.4 is 10.1 Å². The Morgan fingerprint density at radius 1 is 1.39 bits per heavy atom. The van der Waals surface area contributed by atoms with Gasteiger partial charge in [0.2, 0.25) is 0 Å².